The van der Waals surface area contributed by atoms with Crippen molar-refractivity contribution in [3.8, 4) is 0 Å². The monoisotopic (exact) mass is 292 g/mol. The summed E-state index contributed by atoms with van der Waals surface area (Å²) in [4.78, 5) is 21.2. The molecule has 2 aromatic carbocycles. The van der Waals surface area contributed by atoms with Crippen LogP contribution in [-0.2, 0) is 0 Å². The standard InChI is InChI=1S/C12H9ClN4O3/c13-7-1-3-8(4-2-7)15-11-10(16-18)6-5-9(14)12(11)17(19)20/h1-6,15H,14H2. The molecule has 7 nitrogen and oxygen atoms in total. The molecule has 2 rings (SSSR count). The number of nitrogens with zero attached hydrogens (tertiary/aromatic N) is 2. The van der Waals surface area contributed by atoms with Crippen molar-refractivity contribution in [3.63, 3.8) is 0 Å². The first-order valence-electron chi connectivity index (χ1n) is 5.45. The van der Waals surface area contributed by atoms with Crippen molar-refractivity contribution >= 4 is 40.0 Å². The normalized spacial score (nSPS) is 10.1. The summed E-state index contributed by atoms with van der Waals surface area (Å²) in [5.41, 5.74) is 5.51. The average molecular weight is 293 g/mol. The maximum Gasteiger partial charge on any atom is 0.317 e. The highest BCUT2D eigenvalue weighted by molar-refractivity contribution is 6.30. The Morgan fingerprint density at radius 2 is 1.85 bits per heavy atom. The maximum absolute atomic E-state index is 11.1. The quantitative estimate of drug-likeness (QED) is 0.383. The molecular formula is C12H9ClN4O3. The molecule has 0 unspecified atom stereocenters. The molecule has 0 fully saturated rings. The van der Waals surface area contributed by atoms with Crippen LogP contribution in [0.3, 0.4) is 0 Å². The minimum atomic E-state index is -0.664. The lowest BCUT2D eigenvalue weighted by molar-refractivity contribution is -0.382. The van der Waals surface area contributed by atoms with Gasteiger partial charge in [-0.1, -0.05) is 11.6 Å². The van der Waals surface area contributed by atoms with Crippen LogP contribution in [0.2, 0.25) is 5.02 Å². The van der Waals surface area contributed by atoms with Crippen LogP contribution < -0.4 is 11.1 Å². The van der Waals surface area contributed by atoms with E-state index in [1.165, 1.54) is 12.1 Å². The van der Waals surface area contributed by atoms with Crippen LogP contribution in [0.1, 0.15) is 0 Å². The molecule has 0 radical (unpaired) electrons. The van der Waals surface area contributed by atoms with Crippen molar-refractivity contribution in [2.45, 2.75) is 0 Å². The van der Waals surface area contributed by atoms with Gasteiger partial charge in [0.25, 0.3) is 0 Å². The first-order valence-corrected chi connectivity index (χ1v) is 5.83. The highest BCUT2D eigenvalue weighted by Crippen LogP contribution is 2.40. The molecule has 8 heteroatoms. The third-order valence-electron chi connectivity index (χ3n) is 2.58. The number of nitrogen functional groups attached to an aromatic ring is 1. The van der Waals surface area contributed by atoms with E-state index in [-0.39, 0.29) is 17.1 Å². The minimum absolute atomic E-state index is 0.0488. The lowest BCUT2D eigenvalue weighted by atomic mass is 10.2. The molecule has 0 saturated carbocycles. The van der Waals surface area contributed by atoms with Gasteiger partial charge in [0.2, 0.25) is 0 Å². The molecule has 0 saturated heterocycles. The van der Waals surface area contributed by atoms with Crippen LogP contribution in [0.4, 0.5) is 28.4 Å². The van der Waals surface area contributed by atoms with E-state index in [0.29, 0.717) is 10.7 Å². The van der Waals surface area contributed by atoms with E-state index in [1.807, 2.05) is 0 Å². The lowest BCUT2D eigenvalue weighted by Gasteiger charge is -2.10. The van der Waals surface area contributed by atoms with Crippen LogP contribution in [0.15, 0.2) is 41.6 Å². The Morgan fingerprint density at radius 3 is 2.40 bits per heavy atom. The second-order valence-electron chi connectivity index (χ2n) is 3.88. The number of halogens is 1. The van der Waals surface area contributed by atoms with E-state index in [4.69, 9.17) is 17.3 Å². The number of rotatable bonds is 4. The molecule has 0 aromatic heterocycles. The Labute approximate surface area is 118 Å². The fraction of sp³-hybridized carbons (Fsp3) is 0. The van der Waals surface area contributed by atoms with E-state index in [0.717, 1.165) is 0 Å². The summed E-state index contributed by atoms with van der Waals surface area (Å²) in [5.74, 6) is 0. The number of hydrogen-bond acceptors (Lipinski definition) is 6. The van der Waals surface area contributed by atoms with E-state index in [9.17, 15) is 15.0 Å². The first-order chi connectivity index (χ1) is 9.52. The number of nitro benzene ring substituents is 1. The van der Waals surface area contributed by atoms with Crippen molar-refractivity contribution < 1.29 is 4.92 Å². The molecular weight excluding hydrogens is 284 g/mol. The zero-order valence-electron chi connectivity index (χ0n) is 10.0. The average Bonchev–Trinajstić information content (AvgIpc) is 2.41. The summed E-state index contributed by atoms with van der Waals surface area (Å²) in [7, 11) is 0. The Hall–Kier alpha value is -2.67. The van der Waals surface area contributed by atoms with Gasteiger partial charge in [0.15, 0.2) is 0 Å². The molecule has 0 aliphatic rings. The van der Waals surface area contributed by atoms with Crippen LogP contribution in [0.25, 0.3) is 0 Å². The van der Waals surface area contributed by atoms with Crippen LogP contribution in [0.5, 0.6) is 0 Å². The second kappa shape index (κ2) is 5.54. The Morgan fingerprint density at radius 1 is 1.20 bits per heavy atom. The van der Waals surface area contributed by atoms with Crippen molar-refractivity contribution in [1.29, 1.82) is 0 Å². The number of nitroso groups, excluding NO2 is 1. The van der Waals surface area contributed by atoms with Crippen LogP contribution in [0, 0.1) is 15.0 Å². The van der Waals surface area contributed by atoms with Gasteiger partial charge < -0.3 is 11.1 Å². The molecule has 3 N–H and O–H groups in total. The van der Waals surface area contributed by atoms with Gasteiger partial charge in [0.05, 0.1) is 4.92 Å². The van der Waals surface area contributed by atoms with Gasteiger partial charge in [-0.2, -0.15) is 0 Å². The van der Waals surface area contributed by atoms with Gasteiger partial charge in [-0.3, -0.25) is 10.1 Å². The molecule has 0 aliphatic heterocycles. The predicted molar refractivity (Wildman–Crippen MR) is 77.7 cm³/mol. The first kappa shape index (κ1) is 13.8. The Bertz CT molecular complexity index is 673. The summed E-state index contributed by atoms with van der Waals surface area (Å²) < 4.78 is 0. The lowest BCUT2D eigenvalue weighted by Crippen LogP contribution is -2.01. The number of nitro groups is 1. The van der Waals surface area contributed by atoms with Gasteiger partial charge >= 0.3 is 5.69 Å². The summed E-state index contributed by atoms with van der Waals surface area (Å²) in [5, 5.41) is 17.1. The van der Waals surface area contributed by atoms with Gasteiger partial charge in [-0.15, -0.1) is 4.91 Å². The number of anilines is 3. The zero-order chi connectivity index (χ0) is 14.7. The SMILES string of the molecule is Nc1ccc(N=O)c(Nc2ccc(Cl)cc2)c1[N+](=O)[O-]. The van der Waals surface area contributed by atoms with Gasteiger partial charge in [0, 0.05) is 10.7 Å². The molecule has 0 amide bonds. The van der Waals surface area contributed by atoms with Crippen LogP contribution >= 0.6 is 11.6 Å². The number of nitrogens with two attached hydrogens (primary N) is 1. The van der Waals surface area contributed by atoms with Crippen molar-refractivity contribution in [2.75, 3.05) is 11.1 Å². The van der Waals surface area contributed by atoms with Crippen LogP contribution in [-0.4, -0.2) is 4.92 Å². The molecule has 20 heavy (non-hydrogen) atoms. The van der Waals surface area contributed by atoms with Crippen molar-refractivity contribution in [1.82, 2.24) is 0 Å². The number of hydrogen-bond donors (Lipinski definition) is 2. The highest BCUT2D eigenvalue weighted by Gasteiger charge is 2.22. The van der Waals surface area contributed by atoms with Gasteiger partial charge in [-0.25, -0.2) is 0 Å². The topological polar surface area (TPSA) is 111 Å². The Balaban J connectivity index is 2.53. The summed E-state index contributed by atoms with van der Waals surface area (Å²) in [6, 6.07) is 9.02. The van der Waals surface area contributed by atoms with E-state index in [1.54, 1.807) is 24.3 Å². The summed E-state index contributed by atoms with van der Waals surface area (Å²) >= 11 is 5.76. The predicted octanol–water partition coefficient (Wildman–Crippen LogP) is 3.97. The van der Waals surface area contributed by atoms with Gasteiger partial charge in [0.1, 0.15) is 17.1 Å². The number of nitrogens with one attached hydrogen (secondary N) is 1. The molecule has 0 aliphatic carbocycles. The second-order valence-corrected chi connectivity index (χ2v) is 4.31. The largest absolute Gasteiger partial charge is 0.393 e. The summed E-state index contributed by atoms with van der Waals surface area (Å²) in [6.45, 7) is 0. The zero-order valence-corrected chi connectivity index (χ0v) is 10.8. The third-order valence-corrected chi connectivity index (χ3v) is 2.83. The fourth-order valence-corrected chi connectivity index (χ4v) is 1.80. The smallest absolute Gasteiger partial charge is 0.317 e. The van der Waals surface area contributed by atoms with Crippen molar-refractivity contribution in [3.05, 3.63) is 56.4 Å². The fourth-order valence-electron chi connectivity index (χ4n) is 1.67. The summed E-state index contributed by atoms with van der Waals surface area (Å²) in [6.07, 6.45) is 0. The third kappa shape index (κ3) is 2.67. The molecule has 0 spiro atoms. The molecule has 0 atom stereocenters. The minimum Gasteiger partial charge on any atom is -0.393 e. The van der Waals surface area contributed by atoms with E-state index < -0.39 is 10.6 Å². The maximum atomic E-state index is 11.1. The molecule has 102 valence electrons. The Kier molecular flexibility index (Phi) is 3.81. The van der Waals surface area contributed by atoms with Gasteiger partial charge in [-0.05, 0) is 41.6 Å². The molecule has 2 aromatic rings. The van der Waals surface area contributed by atoms with Crippen molar-refractivity contribution in [2.24, 2.45) is 5.18 Å². The molecule has 0 heterocycles. The highest BCUT2D eigenvalue weighted by atomic mass is 35.5. The van der Waals surface area contributed by atoms with E-state index in [2.05, 4.69) is 10.5 Å². The number of benzene rings is 2. The van der Waals surface area contributed by atoms with E-state index >= 15 is 0 Å². The molecule has 0 bridgehead atoms.